The first-order valence-electron chi connectivity index (χ1n) is 5.11. The quantitative estimate of drug-likeness (QED) is 0.792. The molecule has 0 spiro atoms. The van der Waals surface area contributed by atoms with Gasteiger partial charge in [0.1, 0.15) is 0 Å². The maximum Gasteiger partial charge on any atom is 0.0426 e. The summed E-state index contributed by atoms with van der Waals surface area (Å²) in [7, 11) is 0. The first kappa shape index (κ1) is 11.6. The molecule has 1 rings (SSSR count). The second-order valence-corrected chi connectivity index (χ2v) is 4.48. The smallest absolute Gasteiger partial charge is 0.0426 e. The van der Waals surface area contributed by atoms with Gasteiger partial charge in [-0.1, -0.05) is 15.9 Å². The van der Waals surface area contributed by atoms with E-state index in [1.807, 2.05) is 0 Å². The average Bonchev–Trinajstić information content (AvgIpc) is 2.10. The third-order valence-electron chi connectivity index (χ3n) is 2.54. The SMILES string of the molecule is CCN(CC)c1c(C)cc(Br)cc1C. The summed E-state index contributed by atoms with van der Waals surface area (Å²) in [6, 6.07) is 4.36. The summed E-state index contributed by atoms with van der Waals surface area (Å²) < 4.78 is 1.17. The predicted octanol–water partition coefficient (Wildman–Crippen LogP) is 3.91. The molecule has 0 atom stereocenters. The zero-order valence-corrected chi connectivity index (χ0v) is 11.0. The highest BCUT2D eigenvalue weighted by atomic mass is 79.9. The van der Waals surface area contributed by atoms with Crippen LogP contribution in [0.4, 0.5) is 5.69 Å². The molecule has 0 aliphatic carbocycles. The first-order chi connectivity index (χ1) is 6.60. The van der Waals surface area contributed by atoms with Gasteiger partial charge in [0.2, 0.25) is 0 Å². The summed E-state index contributed by atoms with van der Waals surface area (Å²) in [4.78, 5) is 2.40. The summed E-state index contributed by atoms with van der Waals surface area (Å²) in [5.74, 6) is 0. The molecule has 0 saturated carbocycles. The Kier molecular flexibility index (Phi) is 3.99. The lowest BCUT2D eigenvalue weighted by molar-refractivity contribution is 0.857. The second-order valence-electron chi connectivity index (χ2n) is 3.56. The van der Waals surface area contributed by atoms with Crippen LogP contribution in [0.3, 0.4) is 0 Å². The molecule has 78 valence electrons. The van der Waals surface area contributed by atoms with E-state index in [9.17, 15) is 0 Å². The molecule has 0 aromatic heterocycles. The van der Waals surface area contributed by atoms with Crippen molar-refractivity contribution in [2.24, 2.45) is 0 Å². The van der Waals surface area contributed by atoms with E-state index in [2.05, 4.69) is 60.7 Å². The molecule has 2 heteroatoms. The van der Waals surface area contributed by atoms with E-state index >= 15 is 0 Å². The highest BCUT2D eigenvalue weighted by Gasteiger charge is 2.09. The third kappa shape index (κ3) is 2.30. The molecule has 0 fully saturated rings. The minimum Gasteiger partial charge on any atom is -0.372 e. The molecular formula is C12H18BrN. The van der Waals surface area contributed by atoms with Crippen LogP contribution in [0, 0.1) is 13.8 Å². The van der Waals surface area contributed by atoms with E-state index in [4.69, 9.17) is 0 Å². The van der Waals surface area contributed by atoms with E-state index in [0.29, 0.717) is 0 Å². The molecule has 0 saturated heterocycles. The molecule has 0 radical (unpaired) electrons. The summed E-state index contributed by atoms with van der Waals surface area (Å²) >= 11 is 3.52. The van der Waals surface area contributed by atoms with Gasteiger partial charge >= 0.3 is 0 Å². The lowest BCUT2D eigenvalue weighted by Crippen LogP contribution is -2.23. The van der Waals surface area contributed by atoms with Gasteiger partial charge in [-0.05, 0) is 51.0 Å². The number of halogens is 1. The largest absolute Gasteiger partial charge is 0.372 e. The van der Waals surface area contributed by atoms with Gasteiger partial charge in [-0.25, -0.2) is 0 Å². The van der Waals surface area contributed by atoms with E-state index in [0.717, 1.165) is 13.1 Å². The minimum absolute atomic E-state index is 1.07. The first-order valence-corrected chi connectivity index (χ1v) is 5.91. The number of aryl methyl sites for hydroxylation is 2. The lowest BCUT2D eigenvalue weighted by Gasteiger charge is -2.25. The standard InChI is InChI=1S/C12H18BrN/c1-5-14(6-2)12-9(3)7-11(13)8-10(12)4/h7-8H,5-6H2,1-4H3. The monoisotopic (exact) mass is 255 g/mol. The zero-order chi connectivity index (χ0) is 10.7. The Morgan fingerprint density at radius 1 is 1.07 bits per heavy atom. The predicted molar refractivity (Wildman–Crippen MR) is 67.2 cm³/mol. The van der Waals surface area contributed by atoms with Gasteiger partial charge < -0.3 is 4.90 Å². The van der Waals surface area contributed by atoms with E-state index < -0.39 is 0 Å². The van der Waals surface area contributed by atoms with Crippen molar-refractivity contribution in [2.75, 3.05) is 18.0 Å². The summed E-state index contributed by atoms with van der Waals surface area (Å²) in [5.41, 5.74) is 4.08. The maximum absolute atomic E-state index is 3.52. The molecule has 0 bridgehead atoms. The number of nitrogens with zero attached hydrogens (tertiary/aromatic N) is 1. The maximum atomic E-state index is 3.52. The lowest BCUT2D eigenvalue weighted by atomic mass is 10.1. The molecule has 1 aromatic rings. The van der Waals surface area contributed by atoms with Gasteiger partial charge in [-0.3, -0.25) is 0 Å². The number of anilines is 1. The van der Waals surface area contributed by atoms with Crippen molar-refractivity contribution in [2.45, 2.75) is 27.7 Å². The molecule has 0 aliphatic rings. The number of hydrogen-bond acceptors (Lipinski definition) is 1. The summed E-state index contributed by atoms with van der Waals surface area (Å²) in [6.07, 6.45) is 0. The molecule has 0 N–H and O–H groups in total. The van der Waals surface area contributed by atoms with Gasteiger partial charge in [0.05, 0.1) is 0 Å². The van der Waals surface area contributed by atoms with Crippen LogP contribution in [0.2, 0.25) is 0 Å². The number of rotatable bonds is 3. The molecule has 0 heterocycles. The van der Waals surface area contributed by atoms with Crippen molar-refractivity contribution in [1.82, 2.24) is 0 Å². The van der Waals surface area contributed by atoms with Gasteiger partial charge in [0.15, 0.2) is 0 Å². The van der Waals surface area contributed by atoms with Crippen LogP contribution in [0.1, 0.15) is 25.0 Å². The third-order valence-corrected chi connectivity index (χ3v) is 2.99. The van der Waals surface area contributed by atoms with Crippen LogP contribution in [0.5, 0.6) is 0 Å². The minimum atomic E-state index is 1.07. The Hall–Kier alpha value is -0.500. The molecule has 1 aromatic carbocycles. The van der Waals surface area contributed by atoms with E-state index in [1.165, 1.54) is 21.3 Å². The Morgan fingerprint density at radius 2 is 1.50 bits per heavy atom. The second kappa shape index (κ2) is 4.83. The van der Waals surface area contributed by atoms with Crippen molar-refractivity contribution >= 4 is 21.6 Å². The van der Waals surface area contributed by atoms with Crippen molar-refractivity contribution in [3.63, 3.8) is 0 Å². The molecule has 0 amide bonds. The molecule has 1 nitrogen and oxygen atoms in total. The number of hydrogen-bond donors (Lipinski definition) is 0. The highest BCUT2D eigenvalue weighted by Crippen LogP contribution is 2.28. The fourth-order valence-corrected chi connectivity index (χ4v) is 2.63. The summed E-state index contributed by atoms with van der Waals surface area (Å²) in [5, 5.41) is 0. The molecule has 0 unspecified atom stereocenters. The Bertz CT molecular complexity index is 293. The molecule has 14 heavy (non-hydrogen) atoms. The van der Waals surface area contributed by atoms with E-state index in [1.54, 1.807) is 0 Å². The number of benzene rings is 1. The van der Waals surface area contributed by atoms with Crippen LogP contribution in [0.15, 0.2) is 16.6 Å². The van der Waals surface area contributed by atoms with Crippen molar-refractivity contribution in [3.05, 3.63) is 27.7 Å². The zero-order valence-electron chi connectivity index (χ0n) is 9.39. The fraction of sp³-hybridized carbons (Fsp3) is 0.500. The fourth-order valence-electron chi connectivity index (χ4n) is 1.94. The average molecular weight is 256 g/mol. The highest BCUT2D eigenvalue weighted by molar-refractivity contribution is 9.10. The Labute approximate surface area is 95.2 Å². The van der Waals surface area contributed by atoms with Crippen LogP contribution in [-0.4, -0.2) is 13.1 Å². The molecule has 0 aliphatic heterocycles. The summed E-state index contributed by atoms with van der Waals surface area (Å²) in [6.45, 7) is 10.9. The Morgan fingerprint density at radius 3 is 1.86 bits per heavy atom. The van der Waals surface area contributed by atoms with Crippen LogP contribution in [0.25, 0.3) is 0 Å². The molecular weight excluding hydrogens is 238 g/mol. The van der Waals surface area contributed by atoms with Gasteiger partial charge in [0, 0.05) is 23.2 Å². The normalized spacial score (nSPS) is 10.4. The van der Waals surface area contributed by atoms with Crippen LogP contribution in [-0.2, 0) is 0 Å². The van der Waals surface area contributed by atoms with Gasteiger partial charge in [-0.2, -0.15) is 0 Å². The Balaban J connectivity index is 3.19. The van der Waals surface area contributed by atoms with Crippen LogP contribution < -0.4 is 4.90 Å². The van der Waals surface area contributed by atoms with Gasteiger partial charge in [0.25, 0.3) is 0 Å². The van der Waals surface area contributed by atoms with Crippen molar-refractivity contribution in [3.8, 4) is 0 Å². The van der Waals surface area contributed by atoms with Crippen molar-refractivity contribution in [1.29, 1.82) is 0 Å². The van der Waals surface area contributed by atoms with Crippen molar-refractivity contribution < 1.29 is 0 Å². The van der Waals surface area contributed by atoms with Crippen LogP contribution >= 0.6 is 15.9 Å². The topological polar surface area (TPSA) is 3.24 Å². The van der Waals surface area contributed by atoms with E-state index in [-0.39, 0.29) is 0 Å². The van der Waals surface area contributed by atoms with Gasteiger partial charge in [-0.15, -0.1) is 0 Å².